The Hall–Kier alpha value is -1.34. The van der Waals surface area contributed by atoms with Crippen LogP contribution in [0, 0.1) is 11.8 Å². The fraction of sp³-hybridized carbons (Fsp3) is 0.444. The molecule has 0 aliphatic heterocycles. The number of rotatable bonds is 1. The van der Waals surface area contributed by atoms with Gasteiger partial charge in [0.15, 0.2) is 0 Å². The molecule has 1 heteroatoms. The number of fused-ring (bicyclic) bond motifs is 3. The number of hydrogen-bond donors (Lipinski definition) is 1. The minimum absolute atomic E-state index is 0.0947. The molecular weight excluding hydrogens is 232 g/mol. The van der Waals surface area contributed by atoms with Gasteiger partial charge in [-0.05, 0) is 52.8 Å². The molecule has 2 aliphatic carbocycles. The van der Waals surface area contributed by atoms with Crippen LogP contribution in [0.4, 0.5) is 0 Å². The van der Waals surface area contributed by atoms with Crippen molar-refractivity contribution in [3.05, 3.63) is 48.0 Å². The highest BCUT2D eigenvalue weighted by Crippen LogP contribution is 2.57. The Bertz CT molecular complexity index is 627. The van der Waals surface area contributed by atoms with Gasteiger partial charge in [0.25, 0.3) is 0 Å². The van der Waals surface area contributed by atoms with Crippen LogP contribution in [0.2, 0.25) is 0 Å². The van der Waals surface area contributed by atoms with Crippen molar-refractivity contribution in [3.8, 4) is 0 Å². The SMILES string of the molecule is CC1(c2cccc3ccccc23)CC2CC(O)C1C2. The Kier molecular flexibility index (Phi) is 2.32. The van der Waals surface area contributed by atoms with E-state index in [2.05, 4.69) is 49.4 Å². The zero-order valence-electron chi connectivity index (χ0n) is 11.3. The lowest BCUT2D eigenvalue weighted by Gasteiger charge is -2.38. The van der Waals surface area contributed by atoms with Crippen LogP contribution in [-0.2, 0) is 5.41 Å². The molecule has 0 aromatic heterocycles. The van der Waals surface area contributed by atoms with Crippen LogP contribution >= 0.6 is 0 Å². The van der Waals surface area contributed by atoms with Gasteiger partial charge in [0, 0.05) is 0 Å². The number of aliphatic hydroxyl groups is 1. The lowest BCUT2D eigenvalue weighted by Crippen LogP contribution is -2.37. The Morgan fingerprint density at radius 2 is 1.84 bits per heavy atom. The van der Waals surface area contributed by atoms with Crippen LogP contribution in [0.5, 0.6) is 0 Å². The molecule has 0 saturated heterocycles. The molecule has 2 aliphatic rings. The maximum Gasteiger partial charge on any atom is 0.0579 e. The standard InChI is InChI=1S/C18H20O/c1-18(11-12-9-16(18)17(19)10-12)15-8-4-6-13-5-2-3-7-14(13)15/h2-8,12,16-17,19H,9-11H2,1H3. The van der Waals surface area contributed by atoms with Crippen LogP contribution in [-0.4, -0.2) is 11.2 Å². The fourth-order valence-electron chi connectivity index (χ4n) is 4.75. The van der Waals surface area contributed by atoms with Gasteiger partial charge in [-0.1, -0.05) is 49.4 Å². The summed E-state index contributed by atoms with van der Waals surface area (Å²) < 4.78 is 0. The molecule has 0 heterocycles. The van der Waals surface area contributed by atoms with Gasteiger partial charge in [-0.3, -0.25) is 0 Å². The summed E-state index contributed by atoms with van der Waals surface area (Å²) in [6.45, 7) is 2.36. The molecule has 2 bridgehead atoms. The van der Waals surface area contributed by atoms with Crippen molar-refractivity contribution in [3.63, 3.8) is 0 Å². The number of aliphatic hydroxyl groups excluding tert-OH is 1. The van der Waals surface area contributed by atoms with E-state index in [-0.39, 0.29) is 11.5 Å². The van der Waals surface area contributed by atoms with Gasteiger partial charge in [0.05, 0.1) is 6.10 Å². The lowest BCUT2D eigenvalue weighted by molar-refractivity contribution is 0.0703. The molecule has 2 aromatic rings. The predicted molar refractivity (Wildman–Crippen MR) is 78.1 cm³/mol. The second-order valence-electron chi connectivity index (χ2n) is 6.66. The van der Waals surface area contributed by atoms with E-state index in [1.807, 2.05) is 0 Å². The van der Waals surface area contributed by atoms with Crippen LogP contribution in [0.15, 0.2) is 42.5 Å². The van der Waals surface area contributed by atoms with Crippen LogP contribution < -0.4 is 0 Å². The Morgan fingerprint density at radius 1 is 1.05 bits per heavy atom. The summed E-state index contributed by atoms with van der Waals surface area (Å²) in [5, 5.41) is 13.0. The van der Waals surface area contributed by atoms with Crippen LogP contribution in [0.1, 0.15) is 31.7 Å². The fourth-order valence-corrected chi connectivity index (χ4v) is 4.75. The van der Waals surface area contributed by atoms with E-state index in [0.29, 0.717) is 5.92 Å². The van der Waals surface area contributed by atoms with E-state index in [9.17, 15) is 5.11 Å². The van der Waals surface area contributed by atoms with E-state index < -0.39 is 0 Å². The first-order valence-electron chi connectivity index (χ1n) is 7.35. The molecule has 2 saturated carbocycles. The van der Waals surface area contributed by atoms with Gasteiger partial charge in [-0.25, -0.2) is 0 Å². The van der Waals surface area contributed by atoms with Crippen molar-refractivity contribution in [2.75, 3.05) is 0 Å². The number of hydrogen-bond acceptors (Lipinski definition) is 1. The van der Waals surface area contributed by atoms with E-state index in [1.165, 1.54) is 29.2 Å². The average Bonchev–Trinajstić information content (AvgIpc) is 2.94. The van der Waals surface area contributed by atoms with E-state index >= 15 is 0 Å². The molecule has 2 aromatic carbocycles. The van der Waals surface area contributed by atoms with Crippen molar-refractivity contribution in [2.45, 2.75) is 37.7 Å². The first kappa shape index (κ1) is 11.5. The molecule has 4 atom stereocenters. The summed E-state index contributed by atoms with van der Waals surface area (Å²) in [5.41, 5.74) is 1.60. The summed E-state index contributed by atoms with van der Waals surface area (Å²) in [4.78, 5) is 0. The molecule has 19 heavy (non-hydrogen) atoms. The molecule has 1 nitrogen and oxygen atoms in total. The largest absolute Gasteiger partial charge is 0.393 e. The Labute approximate surface area is 114 Å². The van der Waals surface area contributed by atoms with Gasteiger partial charge >= 0.3 is 0 Å². The number of benzene rings is 2. The van der Waals surface area contributed by atoms with E-state index in [4.69, 9.17) is 0 Å². The lowest BCUT2D eigenvalue weighted by atomic mass is 9.68. The van der Waals surface area contributed by atoms with Gasteiger partial charge in [0.2, 0.25) is 0 Å². The Morgan fingerprint density at radius 3 is 2.63 bits per heavy atom. The maximum absolute atomic E-state index is 10.3. The maximum atomic E-state index is 10.3. The first-order chi connectivity index (χ1) is 9.18. The minimum atomic E-state index is -0.0947. The zero-order chi connectivity index (χ0) is 13.0. The molecule has 2 fully saturated rings. The normalized spacial score (nSPS) is 37.1. The highest BCUT2D eigenvalue weighted by molar-refractivity contribution is 5.86. The van der Waals surface area contributed by atoms with Crippen molar-refractivity contribution in [2.24, 2.45) is 11.8 Å². The molecule has 4 rings (SSSR count). The molecule has 98 valence electrons. The minimum Gasteiger partial charge on any atom is -0.393 e. The van der Waals surface area contributed by atoms with Crippen LogP contribution in [0.3, 0.4) is 0 Å². The summed E-state index contributed by atoms with van der Waals surface area (Å²) in [6.07, 6.45) is 3.37. The van der Waals surface area contributed by atoms with Crippen molar-refractivity contribution < 1.29 is 5.11 Å². The average molecular weight is 252 g/mol. The highest BCUT2D eigenvalue weighted by Gasteiger charge is 2.53. The third kappa shape index (κ3) is 1.51. The van der Waals surface area contributed by atoms with Crippen LogP contribution in [0.25, 0.3) is 10.8 Å². The second kappa shape index (κ2) is 3.83. The highest BCUT2D eigenvalue weighted by atomic mass is 16.3. The second-order valence-corrected chi connectivity index (χ2v) is 6.66. The summed E-state index contributed by atoms with van der Waals surface area (Å²) in [6, 6.07) is 15.3. The van der Waals surface area contributed by atoms with Crippen molar-refractivity contribution in [1.29, 1.82) is 0 Å². The summed E-state index contributed by atoms with van der Waals surface area (Å²) >= 11 is 0. The van der Waals surface area contributed by atoms with E-state index in [0.717, 1.165) is 12.3 Å². The van der Waals surface area contributed by atoms with Gasteiger partial charge < -0.3 is 5.11 Å². The summed E-state index contributed by atoms with van der Waals surface area (Å²) in [7, 11) is 0. The monoisotopic (exact) mass is 252 g/mol. The molecule has 0 amide bonds. The predicted octanol–water partition coefficient (Wildman–Crippen LogP) is 3.89. The first-order valence-corrected chi connectivity index (χ1v) is 7.35. The molecular formula is C18H20O. The molecule has 1 N–H and O–H groups in total. The topological polar surface area (TPSA) is 20.2 Å². The molecule has 0 radical (unpaired) electrons. The third-order valence-corrected chi connectivity index (χ3v) is 5.56. The molecule has 0 spiro atoms. The quantitative estimate of drug-likeness (QED) is 0.816. The van der Waals surface area contributed by atoms with Gasteiger partial charge in [0.1, 0.15) is 0 Å². The molecule has 4 unspecified atom stereocenters. The summed E-state index contributed by atoms with van der Waals surface area (Å²) in [5.74, 6) is 1.17. The Balaban J connectivity index is 1.91. The van der Waals surface area contributed by atoms with E-state index in [1.54, 1.807) is 0 Å². The smallest absolute Gasteiger partial charge is 0.0579 e. The van der Waals surface area contributed by atoms with Crippen molar-refractivity contribution in [1.82, 2.24) is 0 Å². The van der Waals surface area contributed by atoms with Gasteiger partial charge in [-0.2, -0.15) is 0 Å². The zero-order valence-corrected chi connectivity index (χ0v) is 11.3. The third-order valence-electron chi connectivity index (χ3n) is 5.56. The van der Waals surface area contributed by atoms with Gasteiger partial charge in [-0.15, -0.1) is 0 Å². The van der Waals surface area contributed by atoms with Crippen molar-refractivity contribution >= 4 is 10.8 Å².